The summed E-state index contributed by atoms with van der Waals surface area (Å²) in [6.45, 7) is -0.353. The van der Waals surface area contributed by atoms with Crippen LogP contribution in [0.2, 0.25) is 0 Å². The Bertz CT molecular complexity index is 1280. The predicted octanol–water partition coefficient (Wildman–Crippen LogP) is 4.10. The van der Waals surface area contributed by atoms with Crippen molar-refractivity contribution in [3.8, 4) is 27.8 Å². The largest absolute Gasteiger partial charge is 0.493 e. The van der Waals surface area contributed by atoms with E-state index in [-0.39, 0.29) is 35.3 Å². The van der Waals surface area contributed by atoms with E-state index in [1.807, 2.05) is 48.5 Å². The van der Waals surface area contributed by atoms with Crippen LogP contribution < -0.4 is 25.3 Å². The highest BCUT2D eigenvalue weighted by Gasteiger charge is 2.20. The Kier molecular flexibility index (Phi) is 6.41. The number of carbonyl (C=O) groups excluding carboxylic acids is 2. The highest BCUT2D eigenvalue weighted by Crippen LogP contribution is 2.39. The fourth-order valence-corrected chi connectivity index (χ4v) is 4.26. The molecule has 0 bridgehead atoms. The number of primary amides is 1. The van der Waals surface area contributed by atoms with E-state index >= 15 is 0 Å². The first kappa shape index (κ1) is 22.1. The minimum atomic E-state index is -0.646. The number of amides is 2. The SMILES string of the molecule is COc1cc(C(=O)Nc2ccccc2-c2nc3ccccc3s2)cc(OC)c1OCC(N)=O. The van der Waals surface area contributed by atoms with E-state index < -0.39 is 5.91 Å². The average Bonchev–Trinajstić information content (AvgIpc) is 3.26. The van der Waals surface area contributed by atoms with Crippen LogP contribution in [0.25, 0.3) is 20.8 Å². The van der Waals surface area contributed by atoms with Gasteiger partial charge in [-0.2, -0.15) is 0 Å². The van der Waals surface area contributed by atoms with E-state index in [0.29, 0.717) is 5.69 Å². The van der Waals surface area contributed by atoms with Crippen LogP contribution in [0.5, 0.6) is 17.2 Å². The monoisotopic (exact) mass is 463 g/mol. The molecule has 3 N–H and O–H groups in total. The van der Waals surface area contributed by atoms with Gasteiger partial charge in [-0.1, -0.05) is 24.3 Å². The van der Waals surface area contributed by atoms with Crippen LogP contribution in [0.15, 0.2) is 60.7 Å². The second kappa shape index (κ2) is 9.58. The number of aromatic nitrogens is 1. The first-order valence-corrected chi connectivity index (χ1v) is 10.7. The molecule has 0 aliphatic carbocycles. The number of hydrogen-bond donors (Lipinski definition) is 2. The zero-order chi connectivity index (χ0) is 23.4. The van der Waals surface area contributed by atoms with Crippen LogP contribution in [0, 0.1) is 0 Å². The number of benzene rings is 3. The van der Waals surface area contributed by atoms with E-state index in [0.717, 1.165) is 20.8 Å². The molecule has 2 amide bonds. The number of thiazole rings is 1. The number of anilines is 1. The predicted molar refractivity (Wildman–Crippen MR) is 127 cm³/mol. The van der Waals surface area contributed by atoms with Crippen molar-refractivity contribution in [1.29, 1.82) is 0 Å². The first-order valence-electron chi connectivity index (χ1n) is 9.93. The summed E-state index contributed by atoms with van der Waals surface area (Å²) in [5.74, 6) is -0.361. The lowest BCUT2D eigenvalue weighted by molar-refractivity contribution is -0.120. The minimum Gasteiger partial charge on any atom is -0.493 e. The molecule has 33 heavy (non-hydrogen) atoms. The zero-order valence-corrected chi connectivity index (χ0v) is 18.8. The number of ether oxygens (including phenoxy) is 3. The summed E-state index contributed by atoms with van der Waals surface area (Å²) in [5, 5.41) is 3.75. The lowest BCUT2D eigenvalue weighted by Crippen LogP contribution is -2.20. The molecule has 0 fully saturated rings. The Labute approximate surface area is 193 Å². The Hall–Kier alpha value is -4.11. The van der Waals surface area contributed by atoms with Crippen molar-refractivity contribution in [3.05, 3.63) is 66.2 Å². The van der Waals surface area contributed by atoms with Crippen molar-refractivity contribution in [2.75, 3.05) is 26.1 Å². The summed E-state index contributed by atoms with van der Waals surface area (Å²) in [4.78, 5) is 28.9. The highest BCUT2D eigenvalue weighted by molar-refractivity contribution is 7.21. The molecular weight excluding hydrogens is 442 g/mol. The van der Waals surface area contributed by atoms with Gasteiger partial charge in [0, 0.05) is 11.1 Å². The molecule has 0 saturated carbocycles. The third-order valence-electron chi connectivity index (χ3n) is 4.78. The molecule has 0 unspecified atom stereocenters. The summed E-state index contributed by atoms with van der Waals surface area (Å²) >= 11 is 1.55. The van der Waals surface area contributed by atoms with E-state index in [2.05, 4.69) is 5.32 Å². The molecule has 4 rings (SSSR count). The van der Waals surface area contributed by atoms with Gasteiger partial charge >= 0.3 is 0 Å². The molecule has 0 saturated heterocycles. The van der Waals surface area contributed by atoms with Crippen LogP contribution in [-0.4, -0.2) is 37.6 Å². The average molecular weight is 464 g/mol. The molecule has 9 heteroatoms. The highest BCUT2D eigenvalue weighted by atomic mass is 32.1. The lowest BCUT2D eigenvalue weighted by Gasteiger charge is -2.16. The number of rotatable bonds is 8. The maximum absolute atomic E-state index is 13.1. The quantitative estimate of drug-likeness (QED) is 0.407. The lowest BCUT2D eigenvalue weighted by atomic mass is 10.1. The molecule has 1 heterocycles. The van der Waals surface area contributed by atoms with Gasteiger partial charge in [0.15, 0.2) is 18.1 Å². The fraction of sp³-hybridized carbons (Fsp3) is 0.125. The Morgan fingerprint density at radius 2 is 1.67 bits per heavy atom. The summed E-state index contributed by atoms with van der Waals surface area (Å²) in [7, 11) is 2.85. The third kappa shape index (κ3) is 4.73. The number of nitrogens with zero attached hydrogens (tertiary/aromatic N) is 1. The molecule has 8 nitrogen and oxygen atoms in total. The van der Waals surface area contributed by atoms with Crippen molar-refractivity contribution in [3.63, 3.8) is 0 Å². The second-order valence-corrected chi connectivity index (χ2v) is 7.98. The number of hydrogen-bond acceptors (Lipinski definition) is 7. The molecule has 4 aromatic rings. The zero-order valence-electron chi connectivity index (χ0n) is 18.0. The van der Waals surface area contributed by atoms with Crippen LogP contribution in [0.3, 0.4) is 0 Å². The summed E-state index contributed by atoms with van der Waals surface area (Å²) in [6.07, 6.45) is 0. The van der Waals surface area contributed by atoms with Gasteiger partial charge in [0.2, 0.25) is 5.75 Å². The third-order valence-corrected chi connectivity index (χ3v) is 5.85. The van der Waals surface area contributed by atoms with Gasteiger partial charge in [-0.15, -0.1) is 11.3 Å². The standard InChI is InChI=1S/C24H21N3O5S/c1-30-18-11-14(12-19(31-2)22(18)32-13-21(25)28)23(29)26-16-8-4-3-7-15(16)24-27-17-9-5-6-10-20(17)33-24/h3-12H,13H2,1-2H3,(H2,25,28)(H,26,29). The molecule has 3 aromatic carbocycles. The van der Waals surface area contributed by atoms with Gasteiger partial charge < -0.3 is 25.3 Å². The van der Waals surface area contributed by atoms with E-state index in [9.17, 15) is 9.59 Å². The molecule has 168 valence electrons. The van der Waals surface area contributed by atoms with Gasteiger partial charge in [-0.05, 0) is 36.4 Å². The number of fused-ring (bicyclic) bond motifs is 1. The maximum Gasteiger partial charge on any atom is 0.255 e. The van der Waals surface area contributed by atoms with Crippen molar-refractivity contribution in [2.24, 2.45) is 5.73 Å². The van der Waals surface area contributed by atoms with Crippen molar-refractivity contribution >= 4 is 39.1 Å². The van der Waals surface area contributed by atoms with Gasteiger partial charge in [0.25, 0.3) is 11.8 Å². The molecule has 0 spiro atoms. The maximum atomic E-state index is 13.1. The van der Waals surface area contributed by atoms with Crippen LogP contribution >= 0.6 is 11.3 Å². The van der Waals surface area contributed by atoms with Gasteiger partial charge in [-0.25, -0.2) is 4.98 Å². The second-order valence-electron chi connectivity index (χ2n) is 6.95. The number of methoxy groups -OCH3 is 2. The molecule has 0 aliphatic heterocycles. The van der Waals surface area contributed by atoms with Crippen LogP contribution in [-0.2, 0) is 4.79 Å². The molecule has 0 atom stereocenters. The molecule has 0 radical (unpaired) electrons. The molecular formula is C24H21N3O5S. The first-order chi connectivity index (χ1) is 16.0. The summed E-state index contributed by atoms with van der Waals surface area (Å²) < 4.78 is 17.2. The van der Waals surface area contributed by atoms with E-state index in [4.69, 9.17) is 24.9 Å². The van der Waals surface area contributed by atoms with E-state index in [1.165, 1.54) is 26.4 Å². The Morgan fingerprint density at radius 1 is 1.00 bits per heavy atom. The van der Waals surface area contributed by atoms with Gasteiger partial charge in [0.05, 0.1) is 30.1 Å². The Balaban J connectivity index is 1.66. The van der Waals surface area contributed by atoms with Crippen LogP contribution in [0.4, 0.5) is 5.69 Å². The number of carbonyl (C=O) groups is 2. The summed E-state index contributed by atoms with van der Waals surface area (Å²) in [5.41, 5.74) is 7.78. The topological polar surface area (TPSA) is 113 Å². The van der Waals surface area contributed by atoms with Gasteiger partial charge in [0.1, 0.15) is 5.01 Å². The molecule has 0 aliphatic rings. The Morgan fingerprint density at radius 3 is 2.33 bits per heavy atom. The molecule has 1 aromatic heterocycles. The fourth-order valence-electron chi connectivity index (χ4n) is 3.26. The van der Waals surface area contributed by atoms with Crippen molar-refractivity contribution < 1.29 is 23.8 Å². The number of nitrogens with two attached hydrogens (primary N) is 1. The van der Waals surface area contributed by atoms with Gasteiger partial charge in [-0.3, -0.25) is 9.59 Å². The summed E-state index contributed by atoms with van der Waals surface area (Å²) in [6, 6.07) is 18.4. The number of para-hydroxylation sites is 2. The van der Waals surface area contributed by atoms with E-state index in [1.54, 1.807) is 11.3 Å². The van der Waals surface area contributed by atoms with Crippen molar-refractivity contribution in [2.45, 2.75) is 0 Å². The normalized spacial score (nSPS) is 10.6. The smallest absolute Gasteiger partial charge is 0.255 e. The number of nitrogens with one attached hydrogen (secondary N) is 1. The van der Waals surface area contributed by atoms with Crippen LogP contribution in [0.1, 0.15) is 10.4 Å². The minimum absolute atomic E-state index is 0.185. The van der Waals surface area contributed by atoms with Crippen molar-refractivity contribution in [1.82, 2.24) is 4.98 Å².